The molecule has 4 aromatic rings. The topological polar surface area (TPSA) is 82.8 Å². The maximum Gasteiger partial charge on any atom is 0.337 e. The number of aryl methyl sites for hydroxylation is 1. The number of carboxylic acid groups (broad SMARTS) is 1. The molecule has 1 aromatic heterocycles. The average molecular weight is 483 g/mol. The lowest BCUT2D eigenvalue weighted by Crippen LogP contribution is -2.17. The minimum absolute atomic E-state index is 0.0574. The van der Waals surface area contributed by atoms with Crippen LogP contribution in [0.5, 0.6) is 0 Å². The maximum atomic E-state index is 13.5. The lowest BCUT2D eigenvalue weighted by atomic mass is 9.98. The van der Waals surface area contributed by atoms with Gasteiger partial charge in [-0.1, -0.05) is 18.2 Å². The summed E-state index contributed by atoms with van der Waals surface area (Å²) in [5.41, 5.74) is 5.52. The van der Waals surface area contributed by atoms with Crippen molar-refractivity contribution in [3.05, 3.63) is 93.1 Å². The molecule has 6 heteroatoms. The average Bonchev–Trinajstić information content (AvgIpc) is 3.41. The summed E-state index contributed by atoms with van der Waals surface area (Å²) in [5, 5.41) is 13.4. The first kappa shape index (κ1) is 23.7. The Morgan fingerprint density at radius 1 is 1.03 bits per heavy atom. The van der Waals surface area contributed by atoms with Crippen LogP contribution >= 0.6 is 0 Å². The van der Waals surface area contributed by atoms with Crippen LogP contribution in [0.1, 0.15) is 52.9 Å². The van der Waals surface area contributed by atoms with Gasteiger partial charge < -0.3 is 19.7 Å². The number of rotatable bonds is 6. The number of hydrogen-bond donors (Lipinski definition) is 2. The van der Waals surface area contributed by atoms with Gasteiger partial charge in [-0.2, -0.15) is 0 Å². The van der Waals surface area contributed by atoms with Crippen molar-refractivity contribution in [3.8, 4) is 11.3 Å². The van der Waals surface area contributed by atoms with Crippen LogP contribution in [0.15, 0.2) is 69.9 Å². The zero-order chi connectivity index (χ0) is 25.4. The molecule has 1 aliphatic rings. The third kappa shape index (κ3) is 4.35. The van der Waals surface area contributed by atoms with E-state index in [-0.39, 0.29) is 17.0 Å². The van der Waals surface area contributed by atoms with Gasteiger partial charge in [0.25, 0.3) is 0 Å². The van der Waals surface area contributed by atoms with Crippen molar-refractivity contribution >= 4 is 28.3 Å². The predicted molar refractivity (Wildman–Crippen MR) is 144 cm³/mol. The third-order valence-corrected chi connectivity index (χ3v) is 6.99. The first-order valence-corrected chi connectivity index (χ1v) is 12.4. The van der Waals surface area contributed by atoms with Crippen LogP contribution in [0.25, 0.3) is 22.3 Å². The number of carboxylic acids is 1. The molecule has 6 nitrogen and oxygen atoms in total. The largest absolute Gasteiger partial charge is 0.478 e. The quantitative estimate of drug-likeness (QED) is 0.324. The summed E-state index contributed by atoms with van der Waals surface area (Å²) in [6, 6.07) is 18.6. The van der Waals surface area contributed by atoms with Gasteiger partial charge in [0.1, 0.15) is 11.3 Å². The molecule has 184 valence electrons. The van der Waals surface area contributed by atoms with Gasteiger partial charge in [0.2, 0.25) is 0 Å². The van der Waals surface area contributed by atoms with Crippen molar-refractivity contribution in [1.29, 1.82) is 0 Å². The number of para-hydroxylation sites is 1. The summed E-state index contributed by atoms with van der Waals surface area (Å²) in [7, 11) is 0. The highest BCUT2D eigenvalue weighted by Crippen LogP contribution is 2.33. The Bertz CT molecular complexity index is 1500. The molecule has 0 bridgehead atoms. The van der Waals surface area contributed by atoms with Gasteiger partial charge in [-0.25, -0.2) is 4.79 Å². The molecule has 0 aliphatic carbocycles. The van der Waals surface area contributed by atoms with Gasteiger partial charge in [0, 0.05) is 41.2 Å². The lowest BCUT2D eigenvalue weighted by Gasteiger charge is -2.20. The fourth-order valence-corrected chi connectivity index (χ4v) is 5.07. The Morgan fingerprint density at radius 3 is 2.42 bits per heavy atom. The Kier molecular flexibility index (Phi) is 6.27. The molecule has 3 aromatic carbocycles. The van der Waals surface area contributed by atoms with E-state index < -0.39 is 5.97 Å². The molecule has 1 atom stereocenters. The van der Waals surface area contributed by atoms with E-state index in [4.69, 9.17) is 4.42 Å². The van der Waals surface area contributed by atoms with Gasteiger partial charge in [0.15, 0.2) is 5.43 Å². The summed E-state index contributed by atoms with van der Waals surface area (Å²) >= 11 is 0. The fraction of sp³-hybridized carbons (Fsp3) is 0.267. The molecule has 0 radical (unpaired) electrons. The van der Waals surface area contributed by atoms with Crippen LogP contribution in [-0.2, 0) is 0 Å². The molecule has 0 amide bonds. The third-order valence-electron chi connectivity index (χ3n) is 6.99. The Labute approximate surface area is 210 Å². The van der Waals surface area contributed by atoms with E-state index >= 15 is 0 Å². The van der Waals surface area contributed by atoms with Gasteiger partial charge in [0.05, 0.1) is 17.0 Å². The van der Waals surface area contributed by atoms with Crippen molar-refractivity contribution in [2.24, 2.45) is 0 Å². The van der Waals surface area contributed by atoms with Crippen molar-refractivity contribution in [2.45, 2.75) is 39.7 Å². The smallest absolute Gasteiger partial charge is 0.337 e. The molecular formula is C30H30N2O4. The van der Waals surface area contributed by atoms with E-state index in [1.165, 1.54) is 18.5 Å². The number of benzene rings is 3. The van der Waals surface area contributed by atoms with Crippen LogP contribution < -0.4 is 15.6 Å². The minimum Gasteiger partial charge on any atom is -0.478 e. The van der Waals surface area contributed by atoms with Crippen LogP contribution in [0, 0.1) is 13.8 Å². The molecule has 1 fully saturated rings. The van der Waals surface area contributed by atoms with E-state index in [0.717, 1.165) is 29.8 Å². The second-order valence-electron chi connectivity index (χ2n) is 9.57. The fourth-order valence-electron chi connectivity index (χ4n) is 5.07. The summed E-state index contributed by atoms with van der Waals surface area (Å²) in [6.45, 7) is 7.84. The first-order valence-electron chi connectivity index (χ1n) is 12.4. The van der Waals surface area contributed by atoms with Gasteiger partial charge in [-0.3, -0.25) is 4.79 Å². The van der Waals surface area contributed by atoms with Crippen LogP contribution in [0.3, 0.4) is 0 Å². The van der Waals surface area contributed by atoms with Crippen molar-refractivity contribution in [2.75, 3.05) is 23.3 Å². The molecule has 36 heavy (non-hydrogen) atoms. The number of aromatic carboxylic acids is 1. The van der Waals surface area contributed by atoms with E-state index in [1.807, 2.05) is 45.0 Å². The van der Waals surface area contributed by atoms with E-state index in [9.17, 15) is 14.7 Å². The van der Waals surface area contributed by atoms with Gasteiger partial charge in [-0.15, -0.1) is 0 Å². The van der Waals surface area contributed by atoms with Crippen LogP contribution in [0.2, 0.25) is 0 Å². The SMILES string of the molecule is Cc1cc(C(C)Nc2ccccc2C(=O)O)c2oc(-c3ccc(N4CCCC4)cc3)c(C)c(=O)c2c1. The van der Waals surface area contributed by atoms with E-state index in [0.29, 0.717) is 28.0 Å². The molecule has 0 spiro atoms. The maximum absolute atomic E-state index is 13.5. The highest BCUT2D eigenvalue weighted by atomic mass is 16.4. The van der Waals surface area contributed by atoms with Crippen molar-refractivity contribution in [3.63, 3.8) is 0 Å². The molecule has 5 rings (SSSR count). The summed E-state index contributed by atoms with van der Waals surface area (Å²) < 4.78 is 6.48. The van der Waals surface area contributed by atoms with Crippen LogP contribution in [0.4, 0.5) is 11.4 Å². The second-order valence-corrected chi connectivity index (χ2v) is 9.57. The Balaban J connectivity index is 1.59. The zero-order valence-electron chi connectivity index (χ0n) is 20.8. The molecular weight excluding hydrogens is 452 g/mol. The number of hydrogen-bond acceptors (Lipinski definition) is 5. The number of anilines is 2. The number of carbonyl (C=O) groups is 1. The number of nitrogens with zero attached hydrogens (tertiary/aromatic N) is 1. The Hall–Kier alpha value is -4.06. The highest BCUT2D eigenvalue weighted by Gasteiger charge is 2.21. The normalized spacial score (nSPS) is 14.2. The summed E-state index contributed by atoms with van der Waals surface area (Å²) in [6.07, 6.45) is 2.43. The van der Waals surface area contributed by atoms with Gasteiger partial charge in [-0.05, 0) is 81.6 Å². The highest BCUT2D eigenvalue weighted by molar-refractivity contribution is 5.94. The molecule has 1 saturated heterocycles. The summed E-state index contributed by atoms with van der Waals surface area (Å²) in [4.78, 5) is 27.5. The standard InChI is InChI=1S/C30H30N2O4/c1-18-16-24(20(3)31-26-9-5-4-8-23(26)30(34)35)29-25(17-18)27(33)19(2)28(36-29)21-10-12-22(13-11-21)32-14-6-7-15-32/h4-5,8-13,16-17,20,31H,6-7,14-15H2,1-3H3,(H,34,35). The zero-order valence-corrected chi connectivity index (χ0v) is 20.8. The number of fused-ring (bicyclic) bond motifs is 1. The minimum atomic E-state index is -0.999. The van der Waals surface area contributed by atoms with Gasteiger partial charge >= 0.3 is 5.97 Å². The number of nitrogens with one attached hydrogen (secondary N) is 1. The Morgan fingerprint density at radius 2 is 1.72 bits per heavy atom. The monoisotopic (exact) mass is 482 g/mol. The molecule has 2 N–H and O–H groups in total. The molecule has 0 saturated carbocycles. The van der Waals surface area contributed by atoms with Crippen molar-refractivity contribution < 1.29 is 14.3 Å². The summed E-state index contributed by atoms with van der Waals surface area (Å²) in [5.74, 6) is -0.440. The lowest BCUT2D eigenvalue weighted by molar-refractivity contribution is 0.0698. The van der Waals surface area contributed by atoms with Crippen molar-refractivity contribution in [1.82, 2.24) is 0 Å². The molecule has 1 aliphatic heterocycles. The van der Waals surface area contributed by atoms with E-state index in [1.54, 1.807) is 24.3 Å². The molecule has 1 unspecified atom stereocenters. The molecule has 2 heterocycles. The second kappa shape index (κ2) is 9.53. The first-order chi connectivity index (χ1) is 17.3. The van der Waals surface area contributed by atoms with Crippen LogP contribution in [-0.4, -0.2) is 24.2 Å². The predicted octanol–water partition coefficient (Wildman–Crippen LogP) is 6.55. The van der Waals surface area contributed by atoms with E-state index in [2.05, 4.69) is 22.3 Å².